The number of thioether (sulfide) groups is 1. The van der Waals surface area contributed by atoms with Crippen LogP contribution in [0.1, 0.15) is 10.4 Å². The number of fused-ring (bicyclic) bond motifs is 1. The van der Waals surface area contributed by atoms with Crippen LogP contribution in [0.25, 0.3) is 20.8 Å². The number of ether oxygens (including phenoxy) is 1. The van der Waals surface area contributed by atoms with Gasteiger partial charge in [0.15, 0.2) is 16.8 Å². The lowest BCUT2D eigenvalue weighted by Gasteiger charge is -2.07. The zero-order chi connectivity index (χ0) is 21.1. The Kier molecular flexibility index (Phi) is 6.22. The molecule has 0 radical (unpaired) electrons. The number of hydrogen-bond acceptors (Lipinski definition) is 6. The van der Waals surface area contributed by atoms with Crippen LogP contribution in [0.2, 0.25) is 5.02 Å². The number of thiophene rings is 1. The Morgan fingerprint density at radius 3 is 2.70 bits per heavy atom. The summed E-state index contributed by atoms with van der Waals surface area (Å²) in [4.78, 5) is 13.4. The number of methoxy groups -OCH3 is 1. The second-order valence-electron chi connectivity index (χ2n) is 6.39. The van der Waals surface area contributed by atoms with Crippen molar-refractivity contribution in [1.82, 2.24) is 14.8 Å². The number of benzene rings is 2. The monoisotopic (exact) mass is 455 g/mol. The van der Waals surface area contributed by atoms with Gasteiger partial charge in [0.25, 0.3) is 0 Å². The molecule has 2 aromatic carbocycles. The summed E-state index contributed by atoms with van der Waals surface area (Å²) in [7, 11) is 1.60. The Morgan fingerprint density at radius 1 is 1.23 bits per heavy atom. The molecule has 0 unspecified atom stereocenters. The molecule has 0 aliphatic rings. The molecule has 4 rings (SSSR count). The van der Waals surface area contributed by atoms with Crippen molar-refractivity contribution in [2.24, 2.45) is 0 Å². The van der Waals surface area contributed by atoms with E-state index in [1.165, 1.54) is 11.8 Å². The van der Waals surface area contributed by atoms with Gasteiger partial charge in [0, 0.05) is 22.2 Å². The topological polar surface area (TPSA) is 57.0 Å². The third-order valence-corrected chi connectivity index (χ3v) is 7.15. The third kappa shape index (κ3) is 4.01. The molecule has 4 aromatic rings. The zero-order valence-corrected chi connectivity index (χ0v) is 18.6. The number of Topliss-reactive ketones (excluding diaryl/α,β-unsaturated/α-hetero) is 1. The Balaban J connectivity index is 1.59. The Hall–Kier alpha value is -2.61. The fraction of sp³-hybridized carbons (Fsp3) is 0.136. The molecule has 0 N–H and O–H groups in total. The van der Waals surface area contributed by atoms with Crippen LogP contribution in [0.3, 0.4) is 0 Å². The molecule has 0 spiro atoms. The Bertz CT molecular complexity index is 1220. The molecule has 0 aliphatic heterocycles. The van der Waals surface area contributed by atoms with Gasteiger partial charge in [0.2, 0.25) is 0 Å². The van der Waals surface area contributed by atoms with Crippen LogP contribution in [0.5, 0.6) is 5.75 Å². The Labute approximate surface area is 187 Å². The highest BCUT2D eigenvalue weighted by atomic mass is 35.5. The maximum absolute atomic E-state index is 12.6. The van der Waals surface area contributed by atoms with Gasteiger partial charge in [-0.2, -0.15) is 0 Å². The summed E-state index contributed by atoms with van der Waals surface area (Å²) >= 11 is 9.57. The van der Waals surface area contributed by atoms with Gasteiger partial charge < -0.3 is 4.74 Å². The second kappa shape index (κ2) is 9.04. The van der Waals surface area contributed by atoms with Crippen LogP contribution in [-0.4, -0.2) is 33.4 Å². The highest BCUT2D eigenvalue weighted by Crippen LogP contribution is 2.41. The van der Waals surface area contributed by atoms with Crippen LogP contribution < -0.4 is 4.74 Å². The highest BCUT2D eigenvalue weighted by molar-refractivity contribution is 7.99. The molecular formula is C22H18ClN3O2S2. The largest absolute Gasteiger partial charge is 0.497 e. The Morgan fingerprint density at radius 2 is 2.00 bits per heavy atom. The fourth-order valence-corrected chi connectivity index (χ4v) is 5.36. The lowest BCUT2D eigenvalue weighted by Crippen LogP contribution is -2.05. The second-order valence-corrected chi connectivity index (χ2v) is 8.76. The first kappa shape index (κ1) is 20.7. The van der Waals surface area contributed by atoms with E-state index in [9.17, 15) is 4.79 Å². The number of hydrogen-bond donors (Lipinski definition) is 0. The lowest BCUT2D eigenvalue weighted by molar-refractivity contribution is 0.102. The van der Waals surface area contributed by atoms with Crippen molar-refractivity contribution in [2.75, 3.05) is 12.9 Å². The molecule has 0 aliphatic carbocycles. The number of rotatable bonds is 8. The normalized spacial score (nSPS) is 11.0. The van der Waals surface area contributed by atoms with Crippen molar-refractivity contribution in [3.05, 3.63) is 71.8 Å². The molecule has 0 bridgehead atoms. The first-order valence-corrected chi connectivity index (χ1v) is 11.3. The molecule has 30 heavy (non-hydrogen) atoms. The van der Waals surface area contributed by atoms with Crippen molar-refractivity contribution < 1.29 is 9.53 Å². The number of nitrogens with zero attached hydrogens (tertiary/aromatic N) is 3. The lowest BCUT2D eigenvalue weighted by atomic mass is 10.1. The summed E-state index contributed by atoms with van der Waals surface area (Å²) in [6, 6.07) is 15.1. The number of carbonyl (C=O) groups excluding carboxylic acids is 1. The van der Waals surface area contributed by atoms with E-state index in [0.717, 1.165) is 20.7 Å². The van der Waals surface area contributed by atoms with E-state index in [-0.39, 0.29) is 11.5 Å². The molecule has 152 valence electrons. The number of halogens is 1. The number of ketones is 1. The van der Waals surface area contributed by atoms with Crippen molar-refractivity contribution in [2.45, 2.75) is 11.7 Å². The van der Waals surface area contributed by atoms with Gasteiger partial charge >= 0.3 is 0 Å². The summed E-state index contributed by atoms with van der Waals surface area (Å²) in [5.74, 6) is 1.66. The average molecular weight is 456 g/mol. The van der Waals surface area contributed by atoms with Gasteiger partial charge in [-0.15, -0.1) is 28.1 Å². The van der Waals surface area contributed by atoms with E-state index >= 15 is 0 Å². The minimum absolute atomic E-state index is 0.0113. The molecule has 0 saturated heterocycles. The van der Waals surface area contributed by atoms with E-state index in [1.54, 1.807) is 48.8 Å². The summed E-state index contributed by atoms with van der Waals surface area (Å²) in [5, 5.41) is 11.0. The van der Waals surface area contributed by atoms with Gasteiger partial charge in [-0.1, -0.05) is 47.6 Å². The summed E-state index contributed by atoms with van der Waals surface area (Å²) in [5.41, 5.74) is 0.630. The smallest absolute Gasteiger partial charge is 0.192 e. The molecule has 2 heterocycles. The maximum Gasteiger partial charge on any atom is 0.192 e. The summed E-state index contributed by atoms with van der Waals surface area (Å²) < 4.78 is 8.17. The molecule has 0 atom stereocenters. The quantitative estimate of drug-likeness (QED) is 0.186. The SMILES string of the molecule is C=CCn1c(SCC(=O)c2ccc(OC)cc2)nnc1-c1sc2ccccc2c1Cl. The number of allylic oxidation sites excluding steroid dienone is 1. The minimum Gasteiger partial charge on any atom is -0.497 e. The van der Waals surface area contributed by atoms with Gasteiger partial charge in [-0.25, -0.2) is 0 Å². The summed E-state index contributed by atoms with van der Waals surface area (Å²) in [6.45, 7) is 4.36. The van der Waals surface area contributed by atoms with Crippen LogP contribution in [0, 0.1) is 0 Å². The van der Waals surface area contributed by atoms with Gasteiger partial charge in [-0.05, 0) is 30.3 Å². The first-order valence-electron chi connectivity index (χ1n) is 9.14. The van der Waals surface area contributed by atoms with Crippen LogP contribution >= 0.6 is 34.7 Å². The van der Waals surface area contributed by atoms with Crippen LogP contribution in [0.15, 0.2) is 66.3 Å². The van der Waals surface area contributed by atoms with Gasteiger partial charge in [0.05, 0.1) is 22.8 Å². The first-order chi connectivity index (χ1) is 14.6. The minimum atomic E-state index is 0.0113. The predicted octanol–water partition coefficient (Wildman–Crippen LogP) is 5.98. The van der Waals surface area contributed by atoms with Gasteiger partial charge in [0.1, 0.15) is 5.75 Å². The van der Waals surface area contributed by atoms with E-state index in [1.807, 2.05) is 28.8 Å². The van der Waals surface area contributed by atoms with E-state index in [2.05, 4.69) is 16.8 Å². The molecule has 8 heteroatoms. The van der Waals surface area contributed by atoms with Crippen molar-refractivity contribution >= 4 is 50.6 Å². The standard InChI is InChI=1S/C22H18ClN3O2S2/c1-3-12-26-21(20-19(23)16-6-4-5-7-18(16)30-20)24-25-22(26)29-13-17(27)14-8-10-15(28-2)11-9-14/h3-11H,1,12-13H2,2H3. The van der Waals surface area contributed by atoms with E-state index in [0.29, 0.717) is 28.1 Å². The third-order valence-electron chi connectivity index (χ3n) is 4.51. The highest BCUT2D eigenvalue weighted by Gasteiger charge is 2.20. The van der Waals surface area contributed by atoms with Crippen LogP contribution in [-0.2, 0) is 6.54 Å². The maximum atomic E-state index is 12.6. The molecule has 5 nitrogen and oxygen atoms in total. The molecular weight excluding hydrogens is 438 g/mol. The van der Waals surface area contributed by atoms with E-state index in [4.69, 9.17) is 16.3 Å². The molecule has 0 fully saturated rings. The van der Waals surface area contributed by atoms with Crippen LogP contribution in [0.4, 0.5) is 0 Å². The average Bonchev–Trinajstić information content (AvgIpc) is 3.33. The van der Waals surface area contributed by atoms with Crippen molar-refractivity contribution in [3.8, 4) is 16.5 Å². The van der Waals surface area contributed by atoms with Crippen molar-refractivity contribution in [1.29, 1.82) is 0 Å². The molecule has 0 saturated carbocycles. The van der Waals surface area contributed by atoms with Gasteiger partial charge in [-0.3, -0.25) is 9.36 Å². The number of carbonyl (C=O) groups is 1. The summed E-state index contributed by atoms with van der Waals surface area (Å²) in [6.07, 6.45) is 1.78. The van der Waals surface area contributed by atoms with E-state index < -0.39 is 0 Å². The predicted molar refractivity (Wildman–Crippen MR) is 124 cm³/mol. The zero-order valence-electron chi connectivity index (χ0n) is 16.2. The molecule has 2 aromatic heterocycles. The molecule has 0 amide bonds. The van der Waals surface area contributed by atoms with Crippen molar-refractivity contribution in [3.63, 3.8) is 0 Å². The fourth-order valence-electron chi connectivity index (χ4n) is 3.01. The number of aromatic nitrogens is 3.